The van der Waals surface area contributed by atoms with E-state index in [1.54, 1.807) is 6.21 Å². The number of hydrogen-bond donors (Lipinski definition) is 0. The number of hydrogen-bond acceptors (Lipinski definition) is 1. The van der Waals surface area contributed by atoms with E-state index >= 15 is 0 Å². The lowest BCUT2D eigenvalue weighted by atomic mass is 10.0. The van der Waals surface area contributed by atoms with Gasteiger partial charge in [-0.1, -0.05) is 60.2 Å². The van der Waals surface area contributed by atoms with Crippen molar-refractivity contribution in [2.75, 3.05) is 0 Å². The Balaban J connectivity index is 2.17. The summed E-state index contributed by atoms with van der Waals surface area (Å²) in [5.74, 6) is 0. The number of rotatable bonds is 4. The van der Waals surface area contributed by atoms with Gasteiger partial charge in [0.25, 0.3) is 0 Å². The zero-order valence-corrected chi connectivity index (χ0v) is 12.9. The van der Waals surface area contributed by atoms with Gasteiger partial charge in [-0.2, -0.15) is 4.40 Å². The Morgan fingerprint density at radius 2 is 1.60 bits per heavy atom. The first kappa shape index (κ1) is 14.7. The molecular formula is C17H19NOS. The zero-order valence-electron chi connectivity index (χ0n) is 12.0. The first-order valence-electron chi connectivity index (χ1n) is 6.58. The van der Waals surface area contributed by atoms with Crippen molar-refractivity contribution in [1.29, 1.82) is 0 Å². The van der Waals surface area contributed by atoms with Gasteiger partial charge in [-0.25, -0.2) is 4.21 Å². The van der Waals surface area contributed by atoms with Crippen molar-refractivity contribution in [2.45, 2.75) is 25.5 Å². The maximum Gasteiger partial charge on any atom is 0.149 e. The Kier molecular flexibility index (Phi) is 4.50. The van der Waals surface area contributed by atoms with Gasteiger partial charge in [-0.05, 0) is 31.9 Å². The topological polar surface area (TPSA) is 29.4 Å². The second-order valence-corrected chi connectivity index (χ2v) is 7.00. The predicted octanol–water partition coefficient (Wildman–Crippen LogP) is 4.01. The van der Waals surface area contributed by atoms with Crippen LogP contribution in [0.4, 0.5) is 0 Å². The summed E-state index contributed by atoms with van der Waals surface area (Å²) in [6, 6.07) is 17.8. The zero-order chi connectivity index (χ0) is 14.6. The van der Waals surface area contributed by atoms with Crippen LogP contribution in [0.15, 0.2) is 59.0 Å². The molecule has 0 amide bonds. The van der Waals surface area contributed by atoms with Gasteiger partial charge in [-0.3, -0.25) is 0 Å². The summed E-state index contributed by atoms with van der Waals surface area (Å²) in [6.45, 7) is 5.94. The van der Waals surface area contributed by atoms with Crippen molar-refractivity contribution >= 4 is 17.2 Å². The molecule has 0 radical (unpaired) electrons. The van der Waals surface area contributed by atoms with Crippen LogP contribution in [0.3, 0.4) is 0 Å². The molecule has 0 bridgehead atoms. The SMILES string of the molecule is Cc1ccc(/C=N/S(=O)C(C)(C)c2ccccc2)cc1. The molecule has 0 N–H and O–H groups in total. The lowest BCUT2D eigenvalue weighted by Crippen LogP contribution is -2.22. The third-order valence-corrected chi connectivity index (χ3v) is 4.69. The minimum absolute atomic E-state index is 0.498. The van der Waals surface area contributed by atoms with Gasteiger partial charge < -0.3 is 0 Å². The molecule has 0 aliphatic heterocycles. The van der Waals surface area contributed by atoms with E-state index in [1.807, 2.05) is 75.4 Å². The summed E-state index contributed by atoms with van der Waals surface area (Å²) in [5, 5.41) is 0. The van der Waals surface area contributed by atoms with Gasteiger partial charge in [0.1, 0.15) is 11.0 Å². The summed E-state index contributed by atoms with van der Waals surface area (Å²) in [4.78, 5) is 0. The molecule has 2 aromatic carbocycles. The normalized spacial score (nSPS) is 13.6. The molecule has 1 atom stereocenters. The fraction of sp³-hybridized carbons (Fsp3) is 0.235. The molecule has 2 aromatic rings. The molecule has 0 saturated carbocycles. The molecule has 20 heavy (non-hydrogen) atoms. The molecule has 0 heterocycles. The monoisotopic (exact) mass is 285 g/mol. The van der Waals surface area contributed by atoms with Crippen molar-refractivity contribution in [1.82, 2.24) is 0 Å². The Morgan fingerprint density at radius 3 is 2.20 bits per heavy atom. The maximum atomic E-state index is 12.4. The van der Waals surface area contributed by atoms with Crippen molar-refractivity contribution < 1.29 is 4.21 Å². The molecule has 104 valence electrons. The van der Waals surface area contributed by atoms with Crippen LogP contribution in [0.1, 0.15) is 30.5 Å². The van der Waals surface area contributed by atoms with E-state index in [-0.39, 0.29) is 0 Å². The fourth-order valence-electron chi connectivity index (χ4n) is 1.83. The molecule has 0 aliphatic carbocycles. The van der Waals surface area contributed by atoms with Crippen molar-refractivity contribution in [3.05, 3.63) is 71.3 Å². The van der Waals surface area contributed by atoms with Crippen molar-refractivity contribution in [3.8, 4) is 0 Å². The highest BCUT2D eigenvalue weighted by Gasteiger charge is 2.27. The molecule has 0 saturated heterocycles. The van der Waals surface area contributed by atoms with Gasteiger partial charge in [0.05, 0.1) is 4.75 Å². The molecule has 0 aromatic heterocycles. The molecule has 2 rings (SSSR count). The Hall–Kier alpha value is -1.74. The van der Waals surface area contributed by atoms with Crippen LogP contribution in [-0.4, -0.2) is 10.4 Å². The van der Waals surface area contributed by atoms with Gasteiger partial charge in [0.15, 0.2) is 0 Å². The van der Waals surface area contributed by atoms with Crippen LogP contribution in [0.2, 0.25) is 0 Å². The molecule has 1 unspecified atom stereocenters. The first-order valence-corrected chi connectivity index (χ1v) is 7.69. The minimum Gasteiger partial charge on any atom is -0.234 e. The minimum atomic E-state index is -1.32. The van der Waals surface area contributed by atoms with E-state index in [0.29, 0.717) is 0 Å². The smallest absolute Gasteiger partial charge is 0.149 e. The van der Waals surface area contributed by atoms with Crippen LogP contribution in [-0.2, 0) is 15.7 Å². The van der Waals surface area contributed by atoms with Crippen LogP contribution in [0, 0.1) is 6.92 Å². The third-order valence-electron chi connectivity index (χ3n) is 3.28. The van der Waals surface area contributed by atoms with E-state index in [9.17, 15) is 4.21 Å². The van der Waals surface area contributed by atoms with Gasteiger partial charge in [0.2, 0.25) is 0 Å². The van der Waals surface area contributed by atoms with Crippen LogP contribution < -0.4 is 0 Å². The average Bonchev–Trinajstić information content (AvgIpc) is 2.47. The van der Waals surface area contributed by atoms with Crippen molar-refractivity contribution in [3.63, 3.8) is 0 Å². The molecule has 3 heteroatoms. The second kappa shape index (κ2) is 6.14. The maximum absolute atomic E-state index is 12.4. The number of aryl methyl sites for hydroxylation is 1. The molecule has 2 nitrogen and oxygen atoms in total. The van der Waals surface area contributed by atoms with E-state index in [1.165, 1.54) is 5.56 Å². The average molecular weight is 285 g/mol. The summed E-state index contributed by atoms with van der Waals surface area (Å²) >= 11 is 0. The lowest BCUT2D eigenvalue weighted by molar-refractivity contribution is 0.644. The Bertz CT molecular complexity index is 615. The lowest BCUT2D eigenvalue weighted by Gasteiger charge is -2.21. The molecule has 0 spiro atoms. The van der Waals surface area contributed by atoms with Crippen molar-refractivity contribution in [2.24, 2.45) is 4.40 Å². The highest BCUT2D eigenvalue weighted by Crippen LogP contribution is 2.27. The summed E-state index contributed by atoms with van der Waals surface area (Å²) in [7, 11) is -1.32. The van der Waals surface area contributed by atoms with Gasteiger partial charge in [-0.15, -0.1) is 0 Å². The van der Waals surface area contributed by atoms with E-state index in [0.717, 1.165) is 11.1 Å². The standard InChI is InChI=1S/C17H19NOS/c1-14-9-11-15(12-10-14)13-18-20(19)17(2,3)16-7-5-4-6-8-16/h4-13H,1-3H3/b18-13+. The number of benzene rings is 2. The molecular weight excluding hydrogens is 266 g/mol. The summed E-state index contributed by atoms with van der Waals surface area (Å²) < 4.78 is 16.1. The van der Waals surface area contributed by atoms with E-state index < -0.39 is 15.7 Å². The molecule has 0 fully saturated rings. The fourth-order valence-corrected chi connectivity index (χ4v) is 2.65. The second-order valence-electron chi connectivity index (χ2n) is 5.27. The Morgan fingerprint density at radius 1 is 1.00 bits per heavy atom. The first-order chi connectivity index (χ1) is 9.50. The highest BCUT2D eigenvalue weighted by atomic mass is 32.2. The van der Waals surface area contributed by atoms with Gasteiger partial charge in [0, 0.05) is 6.21 Å². The van der Waals surface area contributed by atoms with Crippen LogP contribution in [0.5, 0.6) is 0 Å². The molecule has 0 aliphatic rings. The van der Waals surface area contributed by atoms with E-state index in [4.69, 9.17) is 0 Å². The van der Waals surface area contributed by atoms with Crippen LogP contribution >= 0.6 is 0 Å². The quantitative estimate of drug-likeness (QED) is 0.780. The summed E-state index contributed by atoms with van der Waals surface area (Å²) in [6.07, 6.45) is 1.68. The van der Waals surface area contributed by atoms with Crippen LogP contribution in [0.25, 0.3) is 0 Å². The third kappa shape index (κ3) is 3.42. The largest absolute Gasteiger partial charge is 0.234 e. The van der Waals surface area contributed by atoms with E-state index in [2.05, 4.69) is 4.40 Å². The Labute approximate surface area is 123 Å². The number of nitrogens with zero attached hydrogens (tertiary/aromatic N) is 1. The predicted molar refractivity (Wildman–Crippen MR) is 86.4 cm³/mol. The van der Waals surface area contributed by atoms with Gasteiger partial charge >= 0.3 is 0 Å². The summed E-state index contributed by atoms with van der Waals surface area (Å²) in [5.41, 5.74) is 3.19. The highest BCUT2D eigenvalue weighted by molar-refractivity contribution is 7.84.